The summed E-state index contributed by atoms with van der Waals surface area (Å²) in [4.78, 5) is 0. The molecule has 5 aliphatic carbocycles. The van der Waals surface area contributed by atoms with Crippen LogP contribution in [0.4, 0.5) is 0 Å². The number of benzene rings is 1. The third-order valence-electron chi connectivity index (χ3n) is 23.1. The number of nitrogens with two attached hydrogens (primary N) is 3. The summed E-state index contributed by atoms with van der Waals surface area (Å²) in [6, 6.07) is 7.21. The van der Waals surface area contributed by atoms with Gasteiger partial charge in [0.25, 0.3) is 0 Å². The van der Waals surface area contributed by atoms with Crippen molar-refractivity contribution in [3.63, 3.8) is 0 Å². The Morgan fingerprint density at radius 1 is 0.318 bits per heavy atom. The molecule has 33 nitrogen and oxygen atoms in total. The van der Waals surface area contributed by atoms with Gasteiger partial charge in [-0.1, -0.05) is 193 Å². The number of piperidine rings is 5. The Morgan fingerprint density at radius 3 is 0.721 bits per heavy atom. The molecule has 0 bridgehead atoms. The van der Waals surface area contributed by atoms with Crippen LogP contribution in [0.5, 0.6) is 0 Å². The van der Waals surface area contributed by atoms with E-state index in [1.165, 1.54) is 96.3 Å². The zero-order valence-corrected chi connectivity index (χ0v) is 111. The second-order valence-corrected chi connectivity index (χ2v) is 34.0. The van der Waals surface area contributed by atoms with Gasteiger partial charge in [-0.2, -0.15) is 28.0 Å². The molecule has 1 aromatic rings. The van der Waals surface area contributed by atoms with Crippen LogP contribution in [0.25, 0.3) is 56.4 Å². The molecule has 26 N–H and O–H groups in total. The van der Waals surface area contributed by atoms with E-state index in [4.69, 9.17) is 57.7 Å². The first-order valence-corrected chi connectivity index (χ1v) is 45.0. The van der Waals surface area contributed by atoms with Crippen molar-refractivity contribution in [3.05, 3.63) is 165 Å². The fraction of sp³-hybridized carbons (Fsp3) is 0.767. The number of hydrogen-bond acceptors (Lipinski definition) is 22. The molecule has 0 amide bonds. The number of aliphatic hydroxyl groups excluding tert-OH is 8. The summed E-state index contributed by atoms with van der Waals surface area (Å²) in [5, 5.41) is 151. The molecule has 0 spiro atoms. The van der Waals surface area contributed by atoms with Crippen molar-refractivity contribution in [3.8, 4) is 0 Å². The zero-order chi connectivity index (χ0) is 85.5. The van der Waals surface area contributed by atoms with Gasteiger partial charge in [-0.15, -0.1) is 84.6 Å². The summed E-state index contributed by atoms with van der Waals surface area (Å²) >= 11 is 0. The zero-order valence-electron chi connectivity index (χ0n) is 77.2. The third-order valence-corrected chi connectivity index (χ3v) is 23.1. The van der Waals surface area contributed by atoms with Crippen LogP contribution in [-0.2, 0) is 218 Å². The Kier molecular flexibility index (Phi) is 115. The van der Waals surface area contributed by atoms with Gasteiger partial charge in [0, 0.05) is 213 Å². The summed E-state index contributed by atoms with van der Waals surface area (Å²) in [6.07, 6.45) is 57.8. The Morgan fingerprint density at radius 2 is 0.535 bits per heavy atom. The molecule has 0 radical (unpaired) electrons. The monoisotopic (exact) mass is 2680 g/mol. The van der Waals surface area contributed by atoms with Crippen molar-refractivity contribution in [2.24, 2.45) is 94.7 Å². The molecular weight excluding hydrogens is 2510 g/mol. The minimum atomic E-state index is -4.69. The van der Waals surface area contributed by atoms with Crippen molar-refractivity contribution >= 4 is 6.08 Å². The molecule has 16 unspecified atom stereocenters. The number of hydrogen-bond donors (Lipinski definition) is 16. The Balaban J connectivity index is -0.000000137. The molecule has 12 rings (SSSR count). The van der Waals surface area contributed by atoms with E-state index < -0.39 is 58.2 Å². The first kappa shape index (κ1) is 156. The molecule has 11 aliphatic rings. The van der Waals surface area contributed by atoms with E-state index in [0.29, 0.717) is 70.7 Å². The molecule has 1 aromatic carbocycles. The maximum absolute atomic E-state index is 9.23. The average molecular weight is 2670 g/mol. The van der Waals surface area contributed by atoms with E-state index in [1.54, 1.807) is 12.1 Å². The molecule has 5 saturated heterocycles. The molecule has 43 heteroatoms. The first-order chi connectivity index (χ1) is 55.5. The second-order valence-electron chi connectivity index (χ2n) is 32.5. The SMILES string of the molecule is CO.CO.O.O.OC(O)C1CCCC(C=CC2CCC[N-]C2)C1.OC(O)C1CCCC(C=CC2CCC[N-]C2)C1.OC(O)C1CCCC(C=CC2CCC[N-]C2)C1.OC(O)C1CCCC(C=CC2CCC[N-]C2)C1.OC(O)C1CCCC(C=CC2CCC[N-]C2)C1.OC(O)c1cccc(C=CC2C=CC[N-]C2)c1.[Cd+2].[Cd+2].[Cd].[Cd].[Cd].[Cd].[Cd].[Cd].[NH2-].[NH2-].[NH2-].[O-][Cl+3]([O-])([O-])O.[O-][Cl+3]([O-])([O-])O. The van der Waals surface area contributed by atoms with Crippen molar-refractivity contribution in [1.82, 2.24) is 0 Å². The van der Waals surface area contributed by atoms with Crippen LogP contribution in [-0.4, -0.2) is 216 Å². The molecule has 724 valence electrons. The van der Waals surface area contributed by atoms with Gasteiger partial charge >= 0.3 is 54.6 Å². The first-order valence-electron chi connectivity index (χ1n) is 42.5. The second kappa shape index (κ2) is 95.6. The molecule has 6 heterocycles. The van der Waals surface area contributed by atoms with Gasteiger partial charge in [0.05, 0.1) is 29.8 Å². The molecule has 10 fully saturated rings. The maximum Gasteiger partial charge on any atom is 2.00 e. The van der Waals surface area contributed by atoms with Crippen molar-refractivity contribution < 1.29 is 359 Å². The minimum absolute atomic E-state index is 0. The van der Waals surface area contributed by atoms with Gasteiger partial charge in [0.2, 0.25) is 0 Å². The number of aliphatic hydroxyl groups is 14. The molecule has 129 heavy (non-hydrogen) atoms. The van der Waals surface area contributed by atoms with Gasteiger partial charge in [0.1, 0.15) is 0 Å². The largest absolute Gasteiger partial charge is 2.00 e. The van der Waals surface area contributed by atoms with Crippen LogP contribution >= 0.6 is 0 Å². The van der Waals surface area contributed by atoms with Gasteiger partial charge in [-0.25, -0.2) is 0 Å². The number of allylic oxidation sites excluding steroid dienone is 5. The number of halogens is 2. The van der Waals surface area contributed by atoms with E-state index in [1.807, 2.05) is 18.2 Å². The third kappa shape index (κ3) is 81.0. The van der Waals surface area contributed by atoms with Crippen LogP contribution in [0.15, 0.2) is 103 Å². The molecule has 6 aliphatic heterocycles. The van der Waals surface area contributed by atoms with Crippen LogP contribution in [0.2, 0.25) is 0 Å². The standard InChI is InChI=1S/5C14H24NO2.C14H16NO2.2CH4O.8Cd.2ClHO4.3H2N.2H2O/c6*16-14(17)13-5-1-3-11(9-13)6-7-12-4-2-8-15-10-12;2*1-2;;;;;;;;;2*2-1(3,4)5;;;;;/h5*6-7,11-14,16-17H,1-5,8-10H2;1-7,9,12,14,16-17H,8,10H2;2*2H,1H3;;;;;;;;;2*(H,2,3,4,5);5*1H2/q6*-1;;;;;;;;;2*+2;;;3*-1;;. The fourth-order valence-corrected chi connectivity index (χ4v) is 16.8. The minimum Gasteiger partial charge on any atom is -0.693 e. The summed E-state index contributed by atoms with van der Waals surface area (Å²) in [5.41, 5.74) is 1.48. The predicted octanol–water partition coefficient (Wildman–Crippen LogP) is 5.91. The Bertz CT molecular complexity index is 2500. The number of nitrogens with zero attached hydrogens (tertiary/aromatic N) is 6. The van der Waals surface area contributed by atoms with Crippen LogP contribution in [0.3, 0.4) is 0 Å². The fourth-order valence-electron chi connectivity index (χ4n) is 16.8. The van der Waals surface area contributed by atoms with Gasteiger partial charge < -0.3 is 133 Å². The van der Waals surface area contributed by atoms with Crippen LogP contribution < -0.4 is 28.0 Å². The van der Waals surface area contributed by atoms with Crippen molar-refractivity contribution in [1.29, 1.82) is 0 Å². The molecule has 16 atom stereocenters. The van der Waals surface area contributed by atoms with Gasteiger partial charge in [-0.05, 0) is 173 Å². The van der Waals surface area contributed by atoms with Gasteiger partial charge in [-0.3, -0.25) is 0 Å². The van der Waals surface area contributed by atoms with Gasteiger partial charge in [0.15, 0.2) is 37.7 Å². The molecule has 0 aromatic heterocycles. The van der Waals surface area contributed by atoms with E-state index >= 15 is 0 Å². The van der Waals surface area contributed by atoms with E-state index in [2.05, 4.69) is 111 Å². The molecular formula is C86H156Cd8Cl2N9O24-5. The van der Waals surface area contributed by atoms with E-state index in [9.17, 15) is 51.1 Å². The Hall–Kier alpha value is 4.04. The van der Waals surface area contributed by atoms with E-state index in [0.717, 1.165) is 195 Å². The quantitative estimate of drug-likeness (QED) is 0.0461. The topological polar surface area (TPSA) is 710 Å². The van der Waals surface area contributed by atoms with Crippen molar-refractivity contribution in [2.75, 3.05) is 92.8 Å². The summed E-state index contributed by atoms with van der Waals surface area (Å²) < 4.78 is 65.4. The van der Waals surface area contributed by atoms with Crippen LogP contribution in [0, 0.1) is 115 Å². The number of rotatable bonds is 18. The summed E-state index contributed by atoms with van der Waals surface area (Å²) in [7, 11) is -7.39. The summed E-state index contributed by atoms with van der Waals surface area (Å²) in [5.74, 6) is 6.58. The van der Waals surface area contributed by atoms with E-state index in [-0.39, 0.29) is 277 Å². The maximum atomic E-state index is 9.23. The van der Waals surface area contributed by atoms with Crippen molar-refractivity contribution in [2.45, 2.75) is 230 Å². The summed E-state index contributed by atoms with van der Waals surface area (Å²) in [6.45, 7) is 11.7. The van der Waals surface area contributed by atoms with Crippen LogP contribution in [0.1, 0.15) is 210 Å². The predicted molar refractivity (Wildman–Crippen MR) is 455 cm³/mol. The molecule has 5 saturated carbocycles. The Labute approximate surface area is 935 Å². The normalized spacial score (nSPS) is 27.1. The average Bonchev–Trinajstić information content (AvgIpc) is 0.907. The smallest absolute Gasteiger partial charge is 0.693 e.